The van der Waals surface area contributed by atoms with Crippen LogP contribution in [0.15, 0.2) is 43.0 Å². The SMILES string of the molecule is C=CC1COC(=O)C1c1ccccc1. The van der Waals surface area contributed by atoms with Crippen LogP contribution in [-0.2, 0) is 9.53 Å². The highest BCUT2D eigenvalue weighted by Gasteiger charge is 2.35. The van der Waals surface area contributed by atoms with Crippen molar-refractivity contribution in [2.45, 2.75) is 5.92 Å². The lowest BCUT2D eigenvalue weighted by atomic mass is 9.89. The molecule has 0 saturated carbocycles. The van der Waals surface area contributed by atoms with E-state index in [2.05, 4.69) is 6.58 Å². The van der Waals surface area contributed by atoms with Gasteiger partial charge in [0.1, 0.15) is 0 Å². The first-order valence-electron chi connectivity index (χ1n) is 4.67. The predicted molar refractivity (Wildman–Crippen MR) is 53.8 cm³/mol. The molecule has 1 fully saturated rings. The lowest BCUT2D eigenvalue weighted by molar-refractivity contribution is -0.139. The summed E-state index contributed by atoms with van der Waals surface area (Å²) in [4.78, 5) is 11.5. The molecule has 1 saturated heterocycles. The van der Waals surface area contributed by atoms with Crippen molar-refractivity contribution in [3.8, 4) is 0 Å². The van der Waals surface area contributed by atoms with Crippen molar-refractivity contribution in [1.29, 1.82) is 0 Å². The van der Waals surface area contributed by atoms with Crippen LogP contribution in [0.3, 0.4) is 0 Å². The van der Waals surface area contributed by atoms with Gasteiger partial charge in [-0.1, -0.05) is 36.4 Å². The monoisotopic (exact) mass is 188 g/mol. The molecule has 2 atom stereocenters. The van der Waals surface area contributed by atoms with Gasteiger partial charge in [-0.3, -0.25) is 4.79 Å². The number of cyclic esters (lactones) is 1. The molecule has 72 valence electrons. The van der Waals surface area contributed by atoms with Gasteiger partial charge in [-0.15, -0.1) is 6.58 Å². The molecule has 2 heteroatoms. The fraction of sp³-hybridized carbons (Fsp3) is 0.250. The molecule has 0 aromatic heterocycles. The van der Waals surface area contributed by atoms with Gasteiger partial charge in [0.15, 0.2) is 0 Å². The van der Waals surface area contributed by atoms with Crippen molar-refractivity contribution in [2.75, 3.05) is 6.61 Å². The predicted octanol–water partition coefficient (Wildman–Crippen LogP) is 2.13. The van der Waals surface area contributed by atoms with E-state index in [9.17, 15) is 4.79 Å². The van der Waals surface area contributed by atoms with Gasteiger partial charge in [0.2, 0.25) is 0 Å². The molecule has 0 bridgehead atoms. The summed E-state index contributed by atoms with van der Waals surface area (Å²) in [5.74, 6) is -0.181. The summed E-state index contributed by atoms with van der Waals surface area (Å²) in [7, 11) is 0. The summed E-state index contributed by atoms with van der Waals surface area (Å²) >= 11 is 0. The fourth-order valence-corrected chi connectivity index (χ4v) is 1.79. The summed E-state index contributed by atoms with van der Waals surface area (Å²) in [5.41, 5.74) is 1.01. The Morgan fingerprint density at radius 1 is 1.36 bits per heavy atom. The number of esters is 1. The zero-order valence-electron chi connectivity index (χ0n) is 7.85. The summed E-state index contributed by atoms with van der Waals surface area (Å²) in [6.45, 7) is 4.18. The highest BCUT2D eigenvalue weighted by atomic mass is 16.5. The Hall–Kier alpha value is -1.57. The second-order valence-corrected chi connectivity index (χ2v) is 3.42. The van der Waals surface area contributed by atoms with E-state index >= 15 is 0 Å². The van der Waals surface area contributed by atoms with Crippen LogP contribution in [0, 0.1) is 5.92 Å². The van der Waals surface area contributed by atoms with Crippen LogP contribution in [-0.4, -0.2) is 12.6 Å². The van der Waals surface area contributed by atoms with E-state index in [1.807, 2.05) is 30.3 Å². The van der Waals surface area contributed by atoms with Gasteiger partial charge in [-0.25, -0.2) is 0 Å². The summed E-state index contributed by atoms with van der Waals surface area (Å²) in [6, 6.07) is 9.70. The number of carbonyl (C=O) groups is 1. The van der Waals surface area contributed by atoms with Crippen LogP contribution in [0.4, 0.5) is 0 Å². The summed E-state index contributed by atoms with van der Waals surface area (Å²) in [6.07, 6.45) is 1.79. The first-order valence-corrected chi connectivity index (χ1v) is 4.67. The summed E-state index contributed by atoms with van der Waals surface area (Å²) in [5, 5.41) is 0. The fourth-order valence-electron chi connectivity index (χ4n) is 1.79. The second-order valence-electron chi connectivity index (χ2n) is 3.42. The molecule has 0 radical (unpaired) electrons. The van der Waals surface area contributed by atoms with Crippen molar-refractivity contribution in [3.05, 3.63) is 48.6 Å². The minimum atomic E-state index is -0.159. The van der Waals surface area contributed by atoms with Crippen molar-refractivity contribution in [1.82, 2.24) is 0 Å². The van der Waals surface area contributed by atoms with Crippen LogP contribution < -0.4 is 0 Å². The Kier molecular flexibility index (Phi) is 2.35. The second kappa shape index (κ2) is 3.66. The molecule has 0 N–H and O–H groups in total. The van der Waals surface area contributed by atoms with Gasteiger partial charge in [0, 0.05) is 5.92 Å². The van der Waals surface area contributed by atoms with Crippen LogP contribution >= 0.6 is 0 Å². The molecule has 2 nitrogen and oxygen atoms in total. The van der Waals surface area contributed by atoms with Gasteiger partial charge < -0.3 is 4.74 Å². The quantitative estimate of drug-likeness (QED) is 0.525. The van der Waals surface area contributed by atoms with Gasteiger partial charge in [-0.05, 0) is 5.56 Å². The Labute approximate surface area is 83.2 Å². The van der Waals surface area contributed by atoms with E-state index < -0.39 is 0 Å². The minimum Gasteiger partial charge on any atom is -0.465 e. The van der Waals surface area contributed by atoms with Crippen LogP contribution in [0.25, 0.3) is 0 Å². The summed E-state index contributed by atoms with van der Waals surface area (Å²) < 4.78 is 5.01. The first kappa shape index (κ1) is 9.00. The number of hydrogen-bond donors (Lipinski definition) is 0. The number of benzene rings is 1. The molecular formula is C12H12O2. The highest BCUT2D eigenvalue weighted by molar-refractivity contribution is 5.80. The third-order valence-corrected chi connectivity index (χ3v) is 2.56. The lowest BCUT2D eigenvalue weighted by Crippen LogP contribution is -2.11. The molecule has 1 aliphatic heterocycles. The van der Waals surface area contributed by atoms with E-state index in [4.69, 9.17) is 4.74 Å². The lowest BCUT2D eigenvalue weighted by Gasteiger charge is -2.10. The Morgan fingerprint density at radius 2 is 2.07 bits per heavy atom. The smallest absolute Gasteiger partial charge is 0.314 e. The zero-order chi connectivity index (χ0) is 9.97. The molecule has 2 unspecified atom stereocenters. The number of rotatable bonds is 2. The number of ether oxygens (including phenoxy) is 1. The number of carbonyl (C=O) groups excluding carboxylic acids is 1. The number of hydrogen-bond acceptors (Lipinski definition) is 2. The molecule has 0 amide bonds. The molecule has 1 aromatic rings. The third kappa shape index (κ3) is 1.43. The van der Waals surface area contributed by atoms with Crippen molar-refractivity contribution in [2.24, 2.45) is 5.92 Å². The van der Waals surface area contributed by atoms with E-state index in [1.54, 1.807) is 6.08 Å². The largest absolute Gasteiger partial charge is 0.465 e. The molecule has 0 spiro atoms. The van der Waals surface area contributed by atoms with Gasteiger partial charge in [-0.2, -0.15) is 0 Å². The first-order chi connectivity index (χ1) is 6.83. The van der Waals surface area contributed by atoms with E-state index in [0.717, 1.165) is 5.56 Å². The van der Waals surface area contributed by atoms with E-state index in [1.165, 1.54) is 0 Å². The molecule has 1 aliphatic rings. The average Bonchev–Trinajstić information content (AvgIpc) is 2.61. The normalized spacial score (nSPS) is 25.9. The molecule has 0 aliphatic carbocycles. The maximum Gasteiger partial charge on any atom is 0.314 e. The van der Waals surface area contributed by atoms with Gasteiger partial charge in [0.05, 0.1) is 12.5 Å². The van der Waals surface area contributed by atoms with Crippen molar-refractivity contribution < 1.29 is 9.53 Å². The maximum absolute atomic E-state index is 11.5. The van der Waals surface area contributed by atoms with Crippen LogP contribution in [0.1, 0.15) is 11.5 Å². The Bertz CT molecular complexity index is 343. The van der Waals surface area contributed by atoms with Crippen molar-refractivity contribution >= 4 is 5.97 Å². The molecule has 2 rings (SSSR count). The standard InChI is InChI=1S/C12H12O2/c1-2-9-8-14-12(13)11(9)10-6-4-3-5-7-10/h2-7,9,11H,1,8H2. The van der Waals surface area contributed by atoms with E-state index in [-0.39, 0.29) is 17.8 Å². The highest BCUT2D eigenvalue weighted by Crippen LogP contribution is 2.32. The molecular weight excluding hydrogens is 176 g/mol. The minimum absolute atomic E-state index is 0.116. The molecule has 14 heavy (non-hydrogen) atoms. The Morgan fingerprint density at radius 3 is 2.71 bits per heavy atom. The maximum atomic E-state index is 11.5. The zero-order valence-corrected chi connectivity index (χ0v) is 7.85. The van der Waals surface area contributed by atoms with Crippen molar-refractivity contribution in [3.63, 3.8) is 0 Å². The molecule has 1 aromatic carbocycles. The third-order valence-electron chi connectivity index (χ3n) is 2.56. The molecule has 1 heterocycles. The topological polar surface area (TPSA) is 26.3 Å². The Balaban J connectivity index is 2.32. The van der Waals surface area contributed by atoms with Gasteiger partial charge in [0.25, 0.3) is 0 Å². The van der Waals surface area contributed by atoms with Crippen LogP contribution in [0.2, 0.25) is 0 Å². The van der Waals surface area contributed by atoms with Gasteiger partial charge >= 0.3 is 5.97 Å². The van der Waals surface area contributed by atoms with Crippen LogP contribution in [0.5, 0.6) is 0 Å². The van der Waals surface area contributed by atoms with E-state index in [0.29, 0.717) is 6.61 Å². The average molecular weight is 188 g/mol.